The largest absolute Gasteiger partial charge is 0.440 e. The van der Waals surface area contributed by atoms with Gasteiger partial charge in [-0.2, -0.15) is 0 Å². The lowest BCUT2D eigenvalue weighted by atomic mass is 10.1. The molecule has 1 amide bonds. The van der Waals surface area contributed by atoms with Crippen molar-refractivity contribution in [2.75, 3.05) is 5.32 Å². The summed E-state index contributed by atoms with van der Waals surface area (Å²) in [6.07, 6.45) is 2.20. The zero-order chi connectivity index (χ0) is 17.8. The van der Waals surface area contributed by atoms with E-state index in [2.05, 4.69) is 20.3 Å². The fourth-order valence-electron chi connectivity index (χ4n) is 3.01. The molecule has 1 aliphatic carbocycles. The number of aromatic amines is 2. The van der Waals surface area contributed by atoms with E-state index in [0.717, 1.165) is 18.7 Å². The Morgan fingerprint density at radius 2 is 2.12 bits per heavy atom. The van der Waals surface area contributed by atoms with E-state index in [4.69, 9.17) is 16.6 Å². The van der Waals surface area contributed by atoms with Crippen LogP contribution in [-0.2, 0) is 0 Å². The van der Waals surface area contributed by atoms with Gasteiger partial charge in [0.05, 0.1) is 16.6 Å². The maximum atomic E-state index is 13.8. The van der Waals surface area contributed by atoms with Gasteiger partial charge in [-0.25, -0.2) is 9.37 Å². The van der Waals surface area contributed by atoms with E-state index in [9.17, 15) is 9.18 Å². The molecule has 2 aromatic carbocycles. The summed E-state index contributed by atoms with van der Waals surface area (Å²) < 4.78 is 19.9. The van der Waals surface area contributed by atoms with Crippen LogP contribution in [0.15, 0.2) is 34.7 Å². The minimum Gasteiger partial charge on any atom is -0.440 e. The number of benzene rings is 2. The summed E-state index contributed by atoms with van der Waals surface area (Å²) >= 11 is 5.03. The number of amides is 1. The van der Waals surface area contributed by atoms with E-state index >= 15 is 0 Å². The molecule has 130 valence electrons. The fourth-order valence-corrected chi connectivity index (χ4v) is 3.22. The maximum absolute atomic E-state index is 13.8. The van der Waals surface area contributed by atoms with Gasteiger partial charge in [0.25, 0.3) is 5.91 Å². The molecule has 0 atom stereocenters. The van der Waals surface area contributed by atoms with Gasteiger partial charge in [0, 0.05) is 11.6 Å². The van der Waals surface area contributed by atoms with Crippen LogP contribution in [0.1, 0.15) is 35.0 Å². The topological polar surface area (TPSA) is 86.7 Å². The highest BCUT2D eigenvalue weighted by molar-refractivity contribution is 7.71. The Hall–Kier alpha value is -3.00. The standard InChI is InChI=1S/C18H13FN4O2S/c19-9-5-11(15-13(6-9)22-18(26)23-15)16(24)20-10-3-4-14-12(7-10)21-17(25-14)8-1-2-8/h3-8H,1-2H2,(H,20,24)(H2,22,23,26). The molecule has 6 nitrogen and oxygen atoms in total. The molecule has 1 saturated carbocycles. The van der Waals surface area contributed by atoms with E-state index in [1.54, 1.807) is 18.2 Å². The normalized spacial score (nSPS) is 14.2. The van der Waals surface area contributed by atoms with Crippen LogP contribution in [0.25, 0.3) is 22.1 Å². The van der Waals surface area contributed by atoms with Crippen molar-refractivity contribution in [3.05, 3.63) is 52.4 Å². The average Bonchev–Trinajstić information content (AvgIpc) is 3.26. The van der Waals surface area contributed by atoms with Gasteiger partial charge in [-0.05, 0) is 55.4 Å². The number of anilines is 1. The van der Waals surface area contributed by atoms with Crippen LogP contribution < -0.4 is 5.32 Å². The van der Waals surface area contributed by atoms with Gasteiger partial charge in [0.15, 0.2) is 16.2 Å². The SMILES string of the molecule is O=C(Nc1ccc2oc(C3CC3)nc2c1)c1cc(F)cc2[nH]c(=S)[nH]c12. The second-order valence-corrected chi connectivity index (χ2v) is 6.83. The fraction of sp³-hybridized carbons (Fsp3) is 0.167. The lowest BCUT2D eigenvalue weighted by Gasteiger charge is -2.06. The number of hydrogen-bond donors (Lipinski definition) is 3. The third-order valence-electron chi connectivity index (χ3n) is 4.42. The monoisotopic (exact) mass is 368 g/mol. The summed E-state index contributed by atoms with van der Waals surface area (Å²) in [5.41, 5.74) is 3.02. The number of oxazole rings is 1. The Bertz CT molecular complexity index is 1240. The van der Waals surface area contributed by atoms with Crippen LogP contribution in [0.2, 0.25) is 0 Å². The molecule has 1 aliphatic rings. The van der Waals surface area contributed by atoms with Crippen molar-refractivity contribution in [2.24, 2.45) is 0 Å². The second kappa shape index (κ2) is 5.50. The number of nitrogens with zero attached hydrogens (tertiary/aromatic N) is 1. The zero-order valence-electron chi connectivity index (χ0n) is 13.4. The highest BCUT2D eigenvalue weighted by Crippen LogP contribution is 2.40. The number of H-pyrrole nitrogens is 2. The molecule has 0 bridgehead atoms. The van der Waals surface area contributed by atoms with Crippen molar-refractivity contribution in [1.82, 2.24) is 15.0 Å². The summed E-state index contributed by atoms with van der Waals surface area (Å²) in [7, 11) is 0. The number of carbonyl (C=O) groups is 1. The van der Waals surface area contributed by atoms with Crippen molar-refractivity contribution in [3.63, 3.8) is 0 Å². The quantitative estimate of drug-likeness (QED) is 0.460. The zero-order valence-corrected chi connectivity index (χ0v) is 14.2. The molecule has 2 aromatic heterocycles. The lowest BCUT2D eigenvalue weighted by molar-refractivity contribution is 0.102. The van der Waals surface area contributed by atoms with Crippen LogP contribution in [0.4, 0.5) is 10.1 Å². The molecule has 0 aliphatic heterocycles. The molecule has 26 heavy (non-hydrogen) atoms. The van der Waals surface area contributed by atoms with Crippen molar-refractivity contribution < 1.29 is 13.6 Å². The van der Waals surface area contributed by atoms with Gasteiger partial charge in [-0.1, -0.05) is 0 Å². The molecule has 0 spiro atoms. The molecule has 2 heterocycles. The number of carbonyl (C=O) groups excluding carboxylic acids is 1. The first-order valence-electron chi connectivity index (χ1n) is 8.20. The summed E-state index contributed by atoms with van der Waals surface area (Å²) in [4.78, 5) is 22.8. The van der Waals surface area contributed by atoms with Gasteiger partial charge in [0.1, 0.15) is 11.3 Å². The van der Waals surface area contributed by atoms with E-state index in [1.807, 2.05) is 0 Å². The number of halogens is 1. The molecule has 4 aromatic rings. The van der Waals surface area contributed by atoms with Crippen molar-refractivity contribution >= 4 is 45.9 Å². The highest BCUT2D eigenvalue weighted by atomic mass is 32.1. The van der Waals surface area contributed by atoms with Crippen LogP contribution >= 0.6 is 12.2 Å². The van der Waals surface area contributed by atoms with Gasteiger partial charge in [0.2, 0.25) is 0 Å². The summed E-state index contributed by atoms with van der Waals surface area (Å²) in [6.45, 7) is 0. The van der Waals surface area contributed by atoms with Crippen molar-refractivity contribution in [3.8, 4) is 0 Å². The lowest BCUT2D eigenvalue weighted by Crippen LogP contribution is -2.12. The molecular formula is C18H13FN4O2S. The number of rotatable bonds is 3. The Balaban J connectivity index is 1.50. The number of nitrogens with one attached hydrogen (secondary N) is 3. The molecule has 8 heteroatoms. The maximum Gasteiger partial charge on any atom is 0.257 e. The molecule has 0 radical (unpaired) electrons. The van der Waals surface area contributed by atoms with Gasteiger partial charge in [-0.15, -0.1) is 0 Å². The summed E-state index contributed by atoms with van der Waals surface area (Å²) in [5.74, 6) is 0.201. The van der Waals surface area contributed by atoms with Gasteiger partial charge < -0.3 is 19.7 Å². The Labute approximate surface area is 151 Å². The molecule has 3 N–H and O–H groups in total. The first kappa shape index (κ1) is 15.3. The summed E-state index contributed by atoms with van der Waals surface area (Å²) in [5, 5.41) is 2.78. The Morgan fingerprint density at radius 3 is 2.92 bits per heavy atom. The van der Waals surface area contributed by atoms with E-state index in [1.165, 1.54) is 12.1 Å². The van der Waals surface area contributed by atoms with E-state index in [0.29, 0.717) is 38.5 Å². The van der Waals surface area contributed by atoms with Crippen molar-refractivity contribution in [2.45, 2.75) is 18.8 Å². The molecule has 0 saturated heterocycles. The Kier molecular flexibility index (Phi) is 3.23. The molecule has 5 rings (SSSR count). The molecule has 0 unspecified atom stereocenters. The predicted octanol–water partition coefficient (Wildman–Crippen LogP) is 4.64. The van der Waals surface area contributed by atoms with Gasteiger partial charge >= 0.3 is 0 Å². The first-order chi connectivity index (χ1) is 12.6. The van der Waals surface area contributed by atoms with E-state index in [-0.39, 0.29) is 5.56 Å². The number of hydrogen-bond acceptors (Lipinski definition) is 4. The highest BCUT2D eigenvalue weighted by Gasteiger charge is 2.29. The van der Waals surface area contributed by atoms with E-state index < -0.39 is 11.7 Å². The van der Waals surface area contributed by atoms with Crippen LogP contribution in [0, 0.1) is 10.6 Å². The van der Waals surface area contributed by atoms with Crippen LogP contribution in [0.3, 0.4) is 0 Å². The van der Waals surface area contributed by atoms with Crippen LogP contribution in [-0.4, -0.2) is 20.9 Å². The third-order valence-corrected chi connectivity index (χ3v) is 4.63. The second-order valence-electron chi connectivity index (χ2n) is 6.42. The minimum atomic E-state index is -0.520. The number of aromatic nitrogens is 3. The summed E-state index contributed by atoms with van der Waals surface area (Å²) in [6, 6.07) is 7.72. The number of fused-ring (bicyclic) bond motifs is 2. The van der Waals surface area contributed by atoms with Gasteiger partial charge in [-0.3, -0.25) is 4.79 Å². The molecule has 1 fully saturated rings. The molecular weight excluding hydrogens is 355 g/mol. The smallest absolute Gasteiger partial charge is 0.257 e. The minimum absolute atomic E-state index is 0.172. The average molecular weight is 368 g/mol. The van der Waals surface area contributed by atoms with Crippen LogP contribution in [0.5, 0.6) is 0 Å². The Morgan fingerprint density at radius 1 is 1.27 bits per heavy atom. The predicted molar refractivity (Wildman–Crippen MR) is 97.4 cm³/mol. The third kappa shape index (κ3) is 2.59. The van der Waals surface area contributed by atoms with Crippen molar-refractivity contribution in [1.29, 1.82) is 0 Å². The number of imidazole rings is 1. The first-order valence-corrected chi connectivity index (χ1v) is 8.61.